The van der Waals surface area contributed by atoms with Crippen molar-refractivity contribution >= 4 is 23.8 Å². The van der Waals surface area contributed by atoms with Gasteiger partial charge in [-0.25, -0.2) is 20.4 Å². The van der Waals surface area contributed by atoms with Gasteiger partial charge in [-0.1, -0.05) is 44.3 Å². The molecule has 0 aromatic rings. The maximum atomic E-state index is 14.2. The molecule has 0 radical (unpaired) electrons. The second kappa shape index (κ2) is 13.1. The van der Waals surface area contributed by atoms with Crippen molar-refractivity contribution in [2.24, 2.45) is 11.8 Å². The molecule has 2 aliphatic carbocycles. The second-order valence-electron chi connectivity index (χ2n) is 14.1. The van der Waals surface area contributed by atoms with Gasteiger partial charge in [0.05, 0.1) is 12.2 Å². The Bertz CT molecular complexity index is 1090. The monoisotopic (exact) mass is 602 g/mol. The Balaban J connectivity index is 1.37. The number of hydrazine groups is 3. The zero-order valence-electron chi connectivity index (χ0n) is 25.8. The Morgan fingerprint density at radius 2 is 1.77 bits per heavy atom. The van der Waals surface area contributed by atoms with E-state index in [4.69, 9.17) is 0 Å². The van der Waals surface area contributed by atoms with E-state index in [-0.39, 0.29) is 30.6 Å². The lowest BCUT2D eigenvalue weighted by molar-refractivity contribution is -0.145. The zero-order chi connectivity index (χ0) is 30.8. The van der Waals surface area contributed by atoms with Crippen molar-refractivity contribution < 1.29 is 24.3 Å². The van der Waals surface area contributed by atoms with Crippen LogP contribution in [0.2, 0.25) is 0 Å². The van der Waals surface area contributed by atoms with Gasteiger partial charge in [0, 0.05) is 18.0 Å². The number of allylic oxidation sites excluding steroid dienone is 1. The molecule has 3 aliphatic heterocycles. The van der Waals surface area contributed by atoms with E-state index >= 15 is 0 Å². The van der Waals surface area contributed by atoms with Crippen LogP contribution in [0.4, 0.5) is 4.79 Å². The summed E-state index contributed by atoms with van der Waals surface area (Å²) in [5, 5.41) is 20.5. The van der Waals surface area contributed by atoms with Crippen LogP contribution in [0.3, 0.4) is 0 Å². The first-order valence-corrected chi connectivity index (χ1v) is 16.1. The highest BCUT2D eigenvalue weighted by molar-refractivity contribution is 5.96. The molecule has 43 heavy (non-hydrogen) atoms. The lowest BCUT2D eigenvalue weighted by Crippen LogP contribution is -2.58. The largest absolute Gasteiger partial charge is 0.479 e. The van der Waals surface area contributed by atoms with E-state index in [1.54, 1.807) is 4.90 Å². The summed E-state index contributed by atoms with van der Waals surface area (Å²) in [5.41, 5.74) is 8.22. The van der Waals surface area contributed by atoms with Crippen LogP contribution in [0.5, 0.6) is 0 Å². The summed E-state index contributed by atoms with van der Waals surface area (Å²) in [6.07, 6.45) is 14.3. The molecule has 0 spiro atoms. The van der Waals surface area contributed by atoms with E-state index in [9.17, 15) is 24.3 Å². The molecule has 0 aromatic carbocycles. The van der Waals surface area contributed by atoms with Gasteiger partial charge in [-0.15, -0.1) is 0 Å². The third-order valence-corrected chi connectivity index (χ3v) is 9.54. The number of nitrogens with zero attached hydrogens (tertiary/aromatic N) is 2. The number of carboxylic acids is 1. The number of carbonyl (C=O) groups excluding carboxylic acids is 3. The number of carboxylic acid groups (broad SMARTS) is 1. The van der Waals surface area contributed by atoms with Crippen molar-refractivity contribution in [3.05, 3.63) is 12.2 Å². The fourth-order valence-electron chi connectivity index (χ4n) is 7.04. The number of hydrogen-bond acceptors (Lipinski definition) is 8. The van der Waals surface area contributed by atoms with Crippen molar-refractivity contribution in [3.8, 4) is 0 Å². The quantitative estimate of drug-likeness (QED) is 0.237. The molecular formula is C30H50N8O5. The second-order valence-corrected chi connectivity index (χ2v) is 14.1. The summed E-state index contributed by atoms with van der Waals surface area (Å²) in [7, 11) is 0. The van der Waals surface area contributed by atoms with Gasteiger partial charge >= 0.3 is 12.0 Å². The number of rotatable bonds is 4. The molecule has 5 aliphatic rings. The Morgan fingerprint density at radius 3 is 2.49 bits per heavy atom. The van der Waals surface area contributed by atoms with E-state index in [1.165, 1.54) is 19.3 Å². The standard InChI is InChI=1S/C30H50N8O5/c1-29(2,3)33-28(43)31-22-15-11-6-4-5-10-14-20-17-30(20,27(41)42)32-25(39)23-16-21(18-37(23)26(22)40)38-35-24(34-36-38)19-12-8-7-9-13-19/h10,14,19-24,34-36H,4-9,11-13,15-18H2,1-3H3,(H,32,39)(H,41,42)(H2,31,33,43)/b14-10-/t20-,21+,22-,23+,24?,30+/m1/s1. The highest BCUT2D eigenvalue weighted by Gasteiger charge is 2.61. The number of carbonyl (C=O) groups is 4. The van der Waals surface area contributed by atoms with Crippen LogP contribution >= 0.6 is 0 Å². The first-order valence-electron chi connectivity index (χ1n) is 16.1. The topological polar surface area (TPSA) is 167 Å². The molecule has 2 saturated carbocycles. The predicted molar refractivity (Wildman–Crippen MR) is 160 cm³/mol. The molecule has 4 amide bonds. The minimum Gasteiger partial charge on any atom is -0.479 e. The SMILES string of the molecule is CC(C)(C)NC(=O)N[C@@H]1CCCCC/C=C\[C@@H]2C[C@]2(C(=O)O)NC(=O)[C@@H]2C[C@H](N3NNC(C4CCCCC4)N3)CN2C1=O. The normalized spacial score (nSPS) is 35.6. The summed E-state index contributed by atoms with van der Waals surface area (Å²) >= 11 is 0. The fraction of sp³-hybridized carbons (Fsp3) is 0.800. The molecule has 1 unspecified atom stereocenters. The van der Waals surface area contributed by atoms with E-state index in [2.05, 4.69) is 32.3 Å². The maximum absolute atomic E-state index is 14.2. The van der Waals surface area contributed by atoms with Gasteiger partial charge < -0.3 is 26.0 Å². The number of hydrogen-bond donors (Lipinski definition) is 7. The van der Waals surface area contributed by atoms with Crippen LogP contribution in [0.15, 0.2) is 12.2 Å². The number of aliphatic carboxylic acids is 1. The first kappa shape index (κ1) is 31.7. The summed E-state index contributed by atoms with van der Waals surface area (Å²) in [5.74, 6) is -1.66. The highest BCUT2D eigenvalue weighted by atomic mass is 16.4. The van der Waals surface area contributed by atoms with Gasteiger partial charge in [0.15, 0.2) is 0 Å². The highest BCUT2D eigenvalue weighted by Crippen LogP contribution is 2.45. The van der Waals surface area contributed by atoms with Crippen LogP contribution in [0, 0.1) is 11.8 Å². The van der Waals surface area contributed by atoms with E-state index in [0.29, 0.717) is 25.2 Å². The minimum absolute atomic E-state index is 0.0488. The van der Waals surface area contributed by atoms with Crippen molar-refractivity contribution in [2.45, 2.75) is 133 Å². The summed E-state index contributed by atoms with van der Waals surface area (Å²) in [6.45, 7) is 5.87. The van der Waals surface area contributed by atoms with E-state index in [1.807, 2.05) is 38.0 Å². The summed E-state index contributed by atoms with van der Waals surface area (Å²) in [6, 6.07) is -2.38. The maximum Gasteiger partial charge on any atom is 0.330 e. The van der Waals surface area contributed by atoms with Gasteiger partial charge in [-0.3, -0.25) is 9.59 Å². The molecule has 13 nitrogen and oxygen atoms in total. The Hall–Kier alpha value is -2.74. The molecule has 0 bridgehead atoms. The minimum atomic E-state index is -1.36. The third-order valence-electron chi connectivity index (χ3n) is 9.54. The van der Waals surface area contributed by atoms with E-state index < -0.39 is 41.1 Å². The van der Waals surface area contributed by atoms with Crippen molar-refractivity contribution in [3.63, 3.8) is 0 Å². The molecule has 7 N–H and O–H groups in total. The van der Waals surface area contributed by atoms with Crippen molar-refractivity contribution in [1.82, 2.24) is 42.4 Å². The van der Waals surface area contributed by atoms with Gasteiger partial charge in [0.25, 0.3) is 0 Å². The lowest BCUT2D eigenvalue weighted by atomic mass is 9.87. The lowest BCUT2D eigenvalue weighted by Gasteiger charge is -2.31. The number of amides is 4. The zero-order valence-corrected chi connectivity index (χ0v) is 25.8. The average Bonchev–Trinajstić information content (AvgIpc) is 3.28. The Morgan fingerprint density at radius 1 is 1.05 bits per heavy atom. The smallest absolute Gasteiger partial charge is 0.330 e. The van der Waals surface area contributed by atoms with Crippen LogP contribution in [-0.2, 0) is 14.4 Å². The van der Waals surface area contributed by atoms with Crippen molar-refractivity contribution in [2.75, 3.05) is 6.54 Å². The predicted octanol–water partition coefficient (Wildman–Crippen LogP) is 1.64. The van der Waals surface area contributed by atoms with Gasteiger partial charge in [-0.2, -0.15) is 10.7 Å². The van der Waals surface area contributed by atoms with Crippen LogP contribution < -0.4 is 32.3 Å². The fourth-order valence-corrected chi connectivity index (χ4v) is 7.04. The van der Waals surface area contributed by atoms with Crippen LogP contribution in [0.1, 0.15) is 97.8 Å². The summed E-state index contributed by atoms with van der Waals surface area (Å²) in [4.78, 5) is 54.8. The van der Waals surface area contributed by atoms with Gasteiger partial charge in [0.2, 0.25) is 11.8 Å². The van der Waals surface area contributed by atoms with Crippen molar-refractivity contribution in [1.29, 1.82) is 0 Å². The number of urea groups is 1. The number of fused-ring (bicyclic) bond motifs is 2. The Labute approximate surface area is 254 Å². The van der Waals surface area contributed by atoms with Crippen LogP contribution in [-0.4, -0.2) is 80.9 Å². The molecule has 4 fully saturated rings. The Kier molecular flexibility index (Phi) is 9.64. The van der Waals surface area contributed by atoms with E-state index in [0.717, 1.165) is 38.5 Å². The number of nitrogens with one attached hydrogen (secondary N) is 6. The molecule has 0 aromatic heterocycles. The van der Waals surface area contributed by atoms with Gasteiger partial charge in [0.1, 0.15) is 17.6 Å². The molecular weight excluding hydrogens is 552 g/mol. The molecule has 240 valence electrons. The molecule has 3 heterocycles. The molecule has 2 saturated heterocycles. The first-order chi connectivity index (χ1) is 20.5. The average molecular weight is 603 g/mol. The third kappa shape index (κ3) is 7.50. The molecule has 13 heteroatoms. The molecule has 6 atom stereocenters. The van der Waals surface area contributed by atoms with Crippen LogP contribution in [0.25, 0.3) is 0 Å². The van der Waals surface area contributed by atoms with Gasteiger partial charge in [-0.05, 0) is 71.6 Å². The molecule has 5 rings (SSSR count). The summed E-state index contributed by atoms with van der Waals surface area (Å²) < 4.78 is 0.